The summed E-state index contributed by atoms with van der Waals surface area (Å²) < 4.78 is 0. The summed E-state index contributed by atoms with van der Waals surface area (Å²) in [5, 5.41) is 36.5. The zero-order valence-electron chi connectivity index (χ0n) is 49.3. The van der Waals surface area contributed by atoms with Gasteiger partial charge in [-0.3, -0.25) is 67.1 Å². The van der Waals surface area contributed by atoms with Gasteiger partial charge in [0.25, 0.3) is 0 Å². The first kappa shape index (κ1) is 69.2. The Hall–Kier alpha value is -9.55. The van der Waals surface area contributed by atoms with Crippen LogP contribution in [0.1, 0.15) is 70.4 Å². The van der Waals surface area contributed by atoms with Crippen LogP contribution in [0.4, 0.5) is 0 Å². The molecule has 7 atom stereocenters. The lowest BCUT2D eigenvalue weighted by atomic mass is 10.0. The molecule has 0 radical (unpaired) electrons. The molecule has 0 aromatic heterocycles. The van der Waals surface area contributed by atoms with Crippen molar-refractivity contribution in [3.63, 3.8) is 0 Å². The highest BCUT2D eigenvalue weighted by molar-refractivity contribution is 5.98. The van der Waals surface area contributed by atoms with E-state index in [2.05, 4.69) is 58.5 Å². The Labute approximate surface area is 507 Å². The zero-order chi connectivity index (χ0) is 64.5. The van der Waals surface area contributed by atoms with E-state index in [0.717, 1.165) is 0 Å². The molecule has 2 aromatic rings. The number of rotatable bonds is 31. The molecule has 0 bridgehead atoms. The predicted molar refractivity (Wildman–Crippen MR) is 310 cm³/mol. The Morgan fingerprint density at radius 2 is 0.841 bits per heavy atom. The van der Waals surface area contributed by atoms with E-state index in [-0.39, 0.29) is 58.3 Å². The van der Waals surface area contributed by atoms with Crippen LogP contribution >= 0.6 is 0 Å². The van der Waals surface area contributed by atoms with Gasteiger partial charge in [-0.1, -0.05) is 74.5 Å². The van der Waals surface area contributed by atoms with Gasteiger partial charge in [0.2, 0.25) is 82.7 Å². The molecule has 2 aromatic carbocycles. The number of hydrogen-bond acceptors (Lipinski definition) is 16. The lowest BCUT2D eigenvalue weighted by Gasteiger charge is -2.31. The van der Waals surface area contributed by atoms with Crippen LogP contribution in [0.3, 0.4) is 0 Å². The minimum atomic E-state index is -1.27. The molecule has 3 aliphatic rings. The monoisotopic (exact) mass is 1230 g/mol. The topological polar surface area (TPSA) is 444 Å². The largest absolute Gasteiger partial charge is 0.480 e. The highest BCUT2D eigenvalue weighted by Crippen LogP contribution is 2.22. The summed E-state index contributed by atoms with van der Waals surface area (Å²) in [5.41, 5.74) is 6.52. The molecule has 31 heteroatoms. The van der Waals surface area contributed by atoms with Crippen molar-refractivity contribution >= 4 is 88.7 Å². The van der Waals surface area contributed by atoms with Gasteiger partial charge in [-0.25, -0.2) is 4.79 Å². The molecular formula is C57H79N15O16. The van der Waals surface area contributed by atoms with Crippen LogP contribution in [0.5, 0.6) is 0 Å². The number of hydrogen-bond donors (Lipinski definition) is 13. The number of benzene rings is 2. The second kappa shape index (κ2) is 34.6. The third-order valence-corrected chi connectivity index (χ3v) is 14.6. The van der Waals surface area contributed by atoms with E-state index in [1.807, 2.05) is 0 Å². The number of carboxylic acid groups (broad SMARTS) is 1. The average molecular weight is 1230 g/mol. The van der Waals surface area contributed by atoms with Gasteiger partial charge in [0.05, 0.1) is 52.4 Å². The highest BCUT2D eigenvalue weighted by atomic mass is 16.4. The van der Waals surface area contributed by atoms with Crippen LogP contribution in [0, 0.1) is 5.92 Å². The maximum atomic E-state index is 13.8. The van der Waals surface area contributed by atoms with Gasteiger partial charge in [0, 0.05) is 32.5 Å². The Bertz CT molecular complexity index is 2880. The fraction of sp³-hybridized carbons (Fsp3) is 0.526. The molecule has 0 spiro atoms. The molecule has 0 saturated carbocycles. The molecule has 31 nitrogen and oxygen atoms in total. The van der Waals surface area contributed by atoms with Crippen molar-refractivity contribution in [1.82, 2.24) is 73.2 Å². The van der Waals surface area contributed by atoms with E-state index < -0.39 is 183 Å². The molecule has 0 aliphatic carbocycles. The van der Waals surface area contributed by atoms with Crippen LogP contribution in [0.2, 0.25) is 0 Å². The quantitative estimate of drug-likeness (QED) is 0.0334. The number of carbonyl (C=O) groups is 15. The molecule has 3 saturated heterocycles. The standard InChI is InChI=1S/C57H79N15O16/c1-33(2)50(69-51(81)34(3)66-45(76)28-59-42(73)25-58)56(86)72-22-11-18-40(72)55(85)63-27-44(75)61-30-47(78)67-37(23-35-13-6-4-7-14-35)52(82)64-31-48(79)70-20-10-17-39(70)54(84)62-26-43(74)60-29-46(77)68-38(24-36-15-8-5-9-16-36)53(83)65-32-49(80)71-21-12-19-41(71)57(87)88/h4-9,13-16,33-34,37-41,50H,10-12,17-32,58H2,1-3H3,(H,59,73)(H,60,74)(H,61,75)(H,62,84)(H,63,85)(H,64,82)(H,65,83)(H,66,76)(H,67,78)(H,68,77)(H,69,81)(H,87,88)/t34-,37-,38-,39-,40-,41-,50-/m0/s1. The molecule has 14 amide bonds. The van der Waals surface area contributed by atoms with Gasteiger partial charge in [-0.2, -0.15) is 0 Å². The summed E-state index contributed by atoms with van der Waals surface area (Å²) in [5.74, 6) is -11.4. The summed E-state index contributed by atoms with van der Waals surface area (Å²) in [6.45, 7) is 0.995. The molecule has 478 valence electrons. The number of carbonyl (C=O) groups excluding carboxylic acids is 14. The normalized spacial score (nSPS) is 17.4. The third-order valence-electron chi connectivity index (χ3n) is 14.6. The fourth-order valence-corrected chi connectivity index (χ4v) is 9.98. The predicted octanol–water partition coefficient (Wildman–Crippen LogP) is -6.08. The Morgan fingerprint density at radius 1 is 0.455 bits per heavy atom. The third kappa shape index (κ3) is 21.8. The first-order valence-electron chi connectivity index (χ1n) is 29.0. The first-order chi connectivity index (χ1) is 41.9. The summed E-state index contributed by atoms with van der Waals surface area (Å²) in [7, 11) is 0. The number of nitrogens with zero attached hydrogens (tertiary/aromatic N) is 3. The molecule has 3 fully saturated rings. The number of nitrogens with one attached hydrogen (secondary N) is 11. The lowest BCUT2D eigenvalue weighted by molar-refractivity contribution is -0.148. The van der Waals surface area contributed by atoms with E-state index in [0.29, 0.717) is 30.4 Å². The van der Waals surface area contributed by atoms with Crippen molar-refractivity contribution in [2.75, 3.05) is 72.0 Å². The fourth-order valence-electron chi connectivity index (χ4n) is 9.98. The number of likely N-dealkylation sites (tertiary alicyclic amines) is 3. The van der Waals surface area contributed by atoms with Crippen molar-refractivity contribution in [1.29, 1.82) is 0 Å². The molecular weight excluding hydrogens is 1150 g/mol. The second-order valence-corrected chi connectivity index (χ2v) is 21.6. The van der Waals surface area contributed by atoms with Crippen LogP contribution in [0.25, 0.3) is 0 Å². The van der Waals surface area contributed by atoms with Gasteiger partial charge in [0.1, 0.15) is 42.3 Å². The molecule has 14 N–H and O–H groups in total. The van der Waals surface area contributed by atoms with Crippen LogP contribution in [-0.4, -0.2) is 223 Å². The average Bonchev–Trinajstić information content (AvgIpc) is 4.48. The second-order valence-electron chi connectivity index (χ2n) is 21.6. The SMILES string of the molecule is CC(C)[C@H](NC(=O)[C@H](C)NC(=O)CNC(=O)CN)C(=O)N1CCC[C@H]1C(=O)NCC(=O)NCC(=O)N[C@@H](Cc1ccccc1)C(=O)NCC(=O)N1CCC[C@H]1C(=O)NCC(=O)NCC(=O)N[C@@H](Cc1ccccc1)C(=O)NCC(=O)N1CCC[C@H]1C(=O)O. The van der Waals surface area contributed by atoms with Crippen LogP contribution in [-0.2, 0) is 84.8 Å². The molecule has 5 rings (SSSR count). The smallest absolute Gasteiger partial charge is 0.326 e. The van der Waals surface area contributed by atoms with Gasteiger partial charge >= 0.3 is 5.97 Å². The van der Waals surface area contributed by atoms with Crippen LogP contribution in [0.15, 0.2) is 60.7 Å². The first-order valence-corrected chi connectivity index (χ1v) is 29.0. The van der Waals surface area contributed by atoms with Gasteiger partial charge < -0.3 is 84.0 Å². The minimum absolute atomic E-state index is 0.00888. The number of amides is 14. The summed E-state index contributed by atoms with van der Waals surface area (Å²) >= 11 is 0. The van der Waals surface area contributed by atoms with Crippen molar-refractivity contribution in [2.45, 2.75) is 114 Å². The minimum Gasteiger partial charge on any atom is -0.480 e. The molecule has 0 unspecified atom stereocenters. The van der Waals surface area contributed by atoms with Gasteiger partial charge in [-0.15, -0.1) is 0 Å². The van der Waals surface area contributed by atoms with Crippen LogP contribution < -0.4 is 64.2 Å². The van der Waals surface area contributed by atoms with Gasteiger partial charge in [-0.05, 0) is 62.5 Å². The van der Waals surface area contributed by atoms with Crippen molar-refractivity contribution in [3.8, 4) is 0 Å². The summed E-state index contributed by atoms with van der Waals surface area (Å²) in [4.78, 5) is 198. The highest BCUT2D eigenvalue weighted by Gasteiger charge is 2.40. The van der Waals surface area contributed by atoms with Gasteiger partial charge in [0.15, 0.2) is 0 Å². The maximum absolute atomic E-state index is 13.8. The lowest BCUT2D eigenvalue weighted by Crippen LogP contribution is -2.58. The number of carboxylic acids is 1. The molecule has 3 heterocycles. The van der Waals surface area contributed by atoms with Crippen molar-refractivity contribution < 1.29 is 77.0 Å². The van der Waals surface area contributed by atoms with E-state index in [1.165, 1.54) is 21.6 Å². The summed E-state index contributed by atoms with van der Waals surface area (Å²) in [6, 6.07) is 9.53. The number of aliphatic carboxylic acids is 1. The maximum Gasteiger partial charge on any atom is 0.326 e. The molecule has 3 aliphatic heterocycles. The van der Waals surface area contributed by atoms with Crippen molar-refractivity contribution in [2.24, 2.45) is 11.7 Å². The van der Waals surface area contributed by atoms with E-state index in [4.69, 9.17) is 5.73 Å². The Balaban J connectivity index is 1.05. The molecule has 88 heavy (non-hydrogen) atoms. The Kier molecular flexibility index (Phi) is 27.2. The zero-order valence-corrected chi connectivity index (χ0v) is 49.3. The van der Waals surface area contributed by atoms with Crippen molar-refractivity contribution in [3.05, 3.63) is 71.8 Å². The number of nitrogens with two attached hydrogens (primary N) is 1. The van der Waals surface area contributed by atoms with E-state index >= 15 is 0 Å². The summed E-state index contributed by atoms with van der Waals surface area (Å²) in [6.07, 6.45) is 2.05. The van der Waals surface area contributed by atoms with E-state index in [9.17, 15) is 77.0 Å². The Morgan fingerprint density at radius 3 is 1.27 bits per heavy atom. The van der Waals surface area contributed by atoms with E-state index in [1.54, 1.807) is 74.5 Å².